The van der Waals surface area contributed by atoms with E-state index in [1.807, 2.05) is 77.1 Å². The van der Waals surface area contributed by atoms with Gasteiger partial charge in [-0.05, 0) is 117 Å². The lowest BCUT2D eigenvalue weighted by Crippen LogP contribution is -2.54. The van der Waals surface area contributed by atoms with Gasteiger partial charge in [-0.25, -0.2) is 0 Å². The molecule has 284 valence electrons. The SMILES string of the molecule is CCC(CC(C)(CC(C)(C(=O)OCOC(C)C)C(C)(C)C(=O)OC1C2CC3C(=O)OC1C3C2)C(=O)OC(C)(C)c1ccccc1)c1ccc(O)cc1. The highest BCUT2D eigenvalue weighted by atomic mass is 16.7. The van der Waals surface area contributed by atoms with Gasteiger partial charge in [0.05, 0.1) is 28.3 Å². The first-order chi connectivity index (χ1) is 24.3. The van der Waals surface area contributed by atoms with E-state index in [-0.39, 0.29) is 61.1 Å². The summed E-state index contributed by atoms with van der Waals surface area (Å²) < 4.78 is 29.6. The second kappa shape index (κ2) is 14.8. The summed E-state index contributed by atoms with van der Waals surface area (Å²) in [7, 11) is 0. The molecule has 2 saturated carbocycles. The van der Waals surface area contributed by atoms with Crippen molar-refractivity contribution in [2.45, 2.75) is 124 Å². The molecule has 2 aliphatic carbocycles. The molecule has 5 rings (SSSR count). The number of carbonyl (C=O) groups excluding carboxylic acids is 4. The number of hydrogen-bond donors (Lipinski definition) is 1. The molecule has 8 atom stereocenters. The average molecular weight is 721 g/mol. The molecule has 1 saturated heterocycles. The van der Waals surface area contributed by atoms with E-state index in [0.717, 1.165) is 17.5 Å². The zero-order valence-corrected chi connectivity index (χ0v) is 32.1. The molecule has 0 aromatic heterocycles. The first-order valence-electron chi connectivity index (χ1n) is 18.6. The molecule has 8 unspecified atom stereocenters. The van der Waals surface area contributed by atoms with Crippen molar-refractivity contribution in [3.05, 3.63) is 65.7 Å². The van der Waals surface area contributed by atoms with Gasteiger partial charge in [-0.15, -0.1) is 0 Å². The van der Waals surface area contributed by atoms with Gasteiger partial charge in [0.15, 0.2) is 6.79 Å². The largest absolute Gasteiger partial charge is 0.508 e. The van der Waals surface area contributed by atoms with Crippen molar-refractivity contribution in [3.8, 4) is 5.75 Å². The Balaban J connectivity index is 1.52. The predicted molar refractivity (Wildman–Crippen MR) is 193 cm³/mol. The number of esters is 4. The van der Waals surface area contributed by atoms with Crippen molar-refractivity contribution in [2.75, 3.05) is 6.79 Å². The Bertz CT molecular complexity index is 1610. The molecular formula is C42H56O10. The molecule has 0 spiro atoms. The van der Waals surface area contributed by atoms with Crippen molar-refractivity contribution >= 4 is 23.9 Å². The highest BCUT2D eigenvalue weighted by Crippen LogP contribution is 2.57. The predicted octanol–water partition coefficient (Wildman–Crippen LogP) is 7.60. The third kappa shape index (κ3) is 7.59. The van der Waals surface area contributed by atoms with Crippen molar-refractivity contribution in [2.24, 2.45) is 34.0 Å². The van der Waals surface area contributed by atoms with Crippen LogP contribution in [0.25, 0.3) is 0 Å². The second-order valence-electron chi connectivity index (χ2n) is 16.9. The summed E-state index contributed by atoms with van der Waals surface area (Å²) in [4.78, 5) is 56.1. The zero-order chi connectivity index (χ0) is 38.2. The number of benzene rings is 2. The second-order valence-corrected chi connectivity index (χ2v) is 16.9. The highest BCUT2D eigenvalue weighted by molar-refractivity contribution is 5.89. The van der Waals surface area contributed by atoms with Crippen LogP contribution in [0.1, 0.15) is 111 Å². The molecule has 2 aromatic carbocycles. The summed E-state index contributed by atoms with van der Waals surface area (Å²) in [5.41, 5.74) is -3.80. The molecule has 10 nitrogen and oxygen atoms in total. The number of aromatic hydroxyl groups is 1. The van der Waals surface area contributed by atoms with E-state index in [4.69, 9.17) is 23.7 Å². The van der Waals surface area contributed by atoms with Crippen LogP contribution in [0.15, 0.2) is 54.6 Å². The van der Waals surface area contributed by atoms with E-state index in [1.54, 1.807) is 39.8 Å². The molecule has 2 bridgehead atoms. The van der Waals surface area contributed by atoms with E-state index < -0.39 is 52.0 Å². The molecule has 2 aromatic rings. The van der Waals surface area contributed by atoms with Gasteiger partial charge in [-0.1, -0.05) is 49.4 Å². The summed E-state index contributed by atoms with van der Waals surface area (Å²) in [6.45, 7) is 15.7. The Labute approximate surface area is 307 Å². The third-order valence-electron chi connectivity index (χ3n) is 12.2. The lowest BCUT2D eigenvalue weighted by atomic mass is 9.58. The van der Waals surface area contributed by atoms with Gasteiger partial charge in [-0.2, -0.15) is 0 Å². The first kappa shape index (κ1) is 39.3. The van der Waals surface area contributed by atoms with Crippen LogP contribution in [0.5, 0.6) is 5.75 Å². The molecular weight excluding hydrogens is 664 g/mol. The quantitative estimate of drug-likeness (QED) is 0.105. The fourth-order valence-corrected chi connectivity index (χ4v) is 8.54. The van der Waals surface area contributed by atoms with Crippen LogP contribution in [0.3, 0.4) is 0 Å². The number of phenols is 1. The Morgan fingerprint density at radius 3 is 2.17 bits per heavy atom. The van der Waals surface area contributed by atoms with Gasteiger partial charge in [0.25, 0.3) is 0 Å². The van der Waals surface area contributed by atoms with Gasteiger partial charge in [0.2, 0.25) is 0 Å². The van der Waals surface area contributed by atoms with Crippen LogP contribution in [0, 0.1) is 34.0 Å². The van der Waals surface area contributed by atoms with E-state index in [0.29, 0.717) is 12.8 Å². The Kier molecular flexibility index (Phi) is 11.2. The number of carbonyl (C=O) groups is 4. The van der Waals surface area contributed by atoms with E-state index in [1.165, 1.54) is 0 Å². The fourth-order valence-electron chi connectivity index (χ4n) is 8.54. The molecule has 1 aliphatic heterocycles. The number of fused-ring (bicyclic) bond motifs is 1. The van der Waals surface area contributed by atoms with Crippen LogP contribution in [0.4, 0.5) is 0 Å². The number of rotatable bonds is 16. The summed E-state index contributed by atoms with van der Waals surface area (Å²) in [6.07, 6.45) is 0.830. The smallest absolute Gasteiger partial charge is 0.315 e. The first-order valence-corrected chi connectivity index (χ1v) is 18.6. The molecule has 0 radical (unpaired) electrons. The van der Waals surface area contributed by atoms with Crippen molar-refractivity contribution < 1.29 is 48.0 Å². The molecule has 1 N–H and O–H groups in total. The Hall–Kier alpha value is -3.92. The van der Waals surface area contributed by atoms with E-state index in [9.17, 15) is 24.3 Å². The minimum absolute atomic E-state index is 0.0000624. The van der Waals surface area contributed by atoms with Crippen molar-refractivity contribution in [3.63, 3.8) is 0 Å². The minimum atomic E-state index is -1.63. The maximum absolute atomic E-state index is 14.8. The normalized spacial score (nSPS) is 25.2. The molecule has 0 amide bonds. The molecule has 1 heterocycles. The molecule has 3 aliphatic rings. The summed E-state index contributed by atoms with van der Waals surface area (Å²) in [6, 6.07) is 16.3. The van der Waals surface area contributed by atoms with Crippen LogP contribution in [-0.4, -0.2) is 54.1 Å². The lowest BCUT2D eigenvalue weighted by molar-refractivity contribution is -0.198. The lowest BCUT2D eigenvalue weighted by Gasteiger charge is -2.46. The van der Waals surface area contributed by atoms with Crippen LogP contribution in [0.2, 0.25) is 0 Å². The number of ether oxygens (including phenoxy) is 5. The summed E-state index contributed by atoms with van der Waals surface area (Å²) >= 11 is 0. The van der Waals surface area contributed by atoms with Gasteiger partial charge in [-0.3, -0.25) is 19.2 Å². The topological polar surface area (TPSA) is 135 Å². The van der Waals surface area contributed by atoms with Gasteiger partial charge < -0.3 is 28.8 Å². The molecule has 3 fully saturated rings. The highest BCUT2D eigenvalue weighted by Gasteiger charge is 2.65. The molecule has 10 heteroatoms. The van der Waals surface area contributed by atoms with Crippen molar-refractivity contribution in [1.29, 1.82) is 0 Å². The Morgan fingerprint density at radius 1 is 0.904 bits per heavy atom. The van der Waals surface area contributed by atoms with E-state index in [2.05, 4.69) is 0 Å². The summed E-state index contributed by atoms with van der Waals surface area (Å²) in [5.74, 6) is -2.28. The maximum atomic E-state index is 14.8. The maximum Gasteiger partial charge on any atom is 0.315 e. The number of phenolic OH excluding ortho intramolecular Hbond substituents is 1. The summed E-state index contributed by atoms with van der Waals surface area (Å²) in [5, 5.41) is 10.0. The van der Waals surface area contributed by atoms with Crippen molar-refractivity contribution in [1.82, 2.24) is 0 Å². The van der Waals surface area contributed by atoms with Gasteiger partial charge >= 0.3 is 23.9 Å². The van der Waals surface area contributed by atoms with Crippen LogP contribution < -0.4 is 0 Å². The molecule has 52 heavy (non-hydrogen) atoms. The van der Waals surface area contributed by atoms with Gasteiger partial charge in [0.1, 0.15) is 23.6 Å². The fraction of sp³-hybridized carbons (Fsp3) is 0.619. The average Bonchev–Trinajstić information content (AvgIpc) is 3.73. The zero-order valence-electron chi connectivity index (χ0n) is 32.1. The number of hydrogen-bond acceptors (Lipinski definition) is 10. The van der Waals surface area contributed by atoms with Crippen LogP contribution >= 0.6 is 0 Å². The standard InChI is InChI=1S/C42H56O10/c1-10-26(27-16-18-30(43)19-17-27)22-41(8,37(46)52-40(6,7)29-14-12-11-13-15-29)23-42(9,38(47)49-24-48-25(2)3)39(4,5)36(45)51-33-28-20-31-32(21-28)35(44)50-34(31)33/h11-19,25-26,28,31-34,43H,10,20-24H2,1-9H3. The monoisotopic (exact) mass is 720 g/mol. The van der Waals surface area contributed by atoms with Gasteiger partial charge in [0, 0.05) is 11.8 Å². The minimum Gasteiger partial charge on any atom is -0.508 e. The van der Waals surface area contributed by atoms with Crippen LogP contribution in [-0.2, 0) is 48.5 Å². The Morgan fingerprint density at radius 2 is 1.56 bits per heavy atom. The van der Waals surface area contributed by atoms with E-state index >= 15 is 0 Å². The third-order valence-corrected chi connectivity index (χ3v) is 12.2.